The van der Waals surface area contributed by atoms with Gasteiger partial charge in [-0.3, -0.25) is 0 Å². The molecule has 1 aromatic carbocycles. The maximum absolute atomic E-state index is 11.9. The molecule has 24 heavy (non-hydrogen) atoms. The fourth-order valence-electron chi connectivity index (χ4n) is 1.77. The quantitative estimate of drug-likeness (QED) is 0.192. The number of rotatable bonds is 7. The van der Waals surface area contributed by atoms with Crippen LogP contribution in [0.5, 0.6) is 0 Å². The Bertz CT molecular complexity index is 715. The van der Waals surface area contributed by atoms with Crippen LogP contribution in [-0.4, -0.2) is 31.6 Å². The molecule has 0 saturated heterocycles. The van der Waals surface area contributed by atoms with Crippen molar-refractivity contribution >= 4 is 23.0 Å². The van der Waals surface area contributed by atoms with E-state index in [1.54, 1.807) is 26.0 Å². The molecule has 0 amide bonds. The summed E-state index contributed by atoms with van der Waals surface area (Å²) in [6.45, 7) is 10.2. The van der Waals surface area contributed by atoms with Gasteiger partial charge in [0.15, 0.2) is 0 Å². The second kappa shape index (κ2) is 9.79. The predicted molar refractivity (Wildman–Crippen MR) is 91.1 cm³/mol. The summed E-state index contributed by atoms with van der Waals surface area (Å²) in [6, 6.07) is 7.20. The van der Waals surface area contributed by atoms with Crippen molar-refractivity contribution in [1.29, 1.82) is 0 Å². The SMILES string of the molecule is [C-]#[N+]/N=C(C)\C(C)=N/OCc1ccccc1/C(=C\OC)C(=O)OC. The average molecular weight is 329 g/mol. The van der Waals surface area contributed by atoms with Crippen LogP contribution >= 0.6 is 0 Å². The molecule has 0 heterocycles. The number of esters is 1. The maximum atomic E-state index is 11.9. The Morgan fingerprint density at radius 1 is 1.25 bits per heavy atom. The minimum Gasteiger partial charge on any atom is -0.503 e. The summed E-state index contributed by atoms with van der Waals surface area (Å²) in [5.41, 5.74) is 2.63. The van der Waals surface area contributed by atoms with E-state index in [1.807, 2.05) is 12.1 Å². The molecule has 1 rings (SSSR count). The largest absolute Gasteiger partial charge is 0.503 e. The summed E-state index contributed by atoms with van der Waals surface area (Å²) in [5, 5.41) is 7.49. The smallest absolute Gasteiger partial charge is 0.341 e. The molecule has 1 aromatic rings. The lowest BCUT2D eigenvalue weighted by Gasteiger charge is -2.10. The van der Waals surface area contributed by atoms with E-state index in [-0.39, 0.29) is 12.2 Å². The third kappa shape index (κ3) is 5.25. The van der Waals surface area contributed by atoms with E-state index in [4.69, 9.17) is 20.9 Å². The van der Waals surface area contributed by atoms with Gasteiger partial charge in [-0.25, -0.2) is 4.79 Å². The van der Waals surface area contributed by atoms with Crippen LogP contribution in [0, 0.1) is 6.57 Å². The van der Waals surface area contributed by atoms with E-state index < -0.39 is 5.97 Å². The van der Waals surface area contributed by atoms with Crippen LogP contribution in [0.1, 0.15) is 25.0 Å². The monoisotopic (exact) mass is 329 g/mol. The van der Waals surface area contributed by atoms with Gasteiger partial charge >= 0.3 is 5.97 Å². The minimum atomic E-state index is -0.510. The number of oxime groups is 1. The van der Waals surface area contributed by atoms with Crippen molar-refractivity contribution in [3.63, 3.8) is 0 Å². The first-order valence-electron chi connectivity index (χ1n) is 7.02. The van der Waals surface area contributed by atoms with Crippen LogP contribution in [0.2, 0.25) is 0 Å². The Morgan fingerprint density at radius 2 is 1.96 bits per heavy atom. The molecule has 7 nitrogen and oxygen atoms in total. The fraction of sp³-hybridized carbons (Fsp3) is 0.294. The molecule has 0 bridgehead atoms. The minimum absolute atomic E-state index is 0.136. The lowest BCUT2D eigenvalue weighted by atomic mass is 10.0. The molecule has 0 aliphatic rings. The van der Waals surface area contributed by atoms with E-state index in [0.717, 1.165) is 5.56 Å². The molecule has 0 atom stereocenters. The van der Waals surface area contributed by atoms with Gasteiger partial charge in [-0.2, -0.15) is 6.57 Å². The number of carbonyl (C=O) groups is 1. The van der Waals surface area contributed by atoms with Crippen LogP contribution in [0.3, 0.4) is 0 Å². The summed E-state index contributed by atoms with van der Waals surface area (Å²) >= 11 is 0. The van der Waals surface area contributed by atoms with Crippen molar-refractivity contribution < 1.29 is 19.1 Å². The zero-order valence-corrected chi connectivity index (χ0v) is 14.1. The molecule has 0 aromatic heterocycles. The molecule has 0 fully saturated rings. The molecule has 0 radical (unpaired) electrons. The first-order valence-corrected chi connectivity index (χ1v) is 7.02. The van der Waals surface area contributed by atoms with Crippen LogP contribution < -0.4 is 0 Å². The van der Waals surface area contributed by atoms with E-state index in [1.165, 1.54) is 20.5 Å². The topological polar surface area (TPSA) is 73.8 Å². The predicted octanol–water partition coefficient (Wildman–Crippen LogP) is 3.03. The summed E-state index contributed by atoms with van der Waals surface area (Å²) in [6.07, 6.45) is 1.33. The maximum Gasteiger partial charge on any atom is 0.341 e. The fourth-order valence-corrected chi connectivity index (χ4v) is 1.77. The van der Waals surface area contributed by atoms with Crippen LogP contribution in [-0.2, 0) is 25.7 Å². The summed E-state index contributed by atoms with van der Waals surface area (Å²) < 4.78 is 9.74. The summed E-state index contributed by atoms with van der Waals surface area (Å²) in [7, 11) is 2.76. The highest BCUT2D eigenvalue weighted by atomic mass is 16.6. The lowest BCUT2D eigenvalue weighted by Crippen LogP contribution is -2.08. The average Bonchev–Trinajstić information content (AvgIpc) is 2.59. The van der Waals surface area contributed by atoms with Gasteiger partial charge in [0.25, 0.3) is 0 Å². The third-order valence-electron chi connectivity index (χ3n) is 3.09. The highest BCUT2D eigenvalue weighted by Gasteiger charge is 2.16. The Kier molecular flexibility index (Phi) is 7.71. The van der Waals surface area contributed by atoms with Crippen LogP contribution in [0.15, 0.2) is 40.8 Å². The molecule has 0 N–H and O–H groups in total. The number of carbonyl (C=O) groups excluding carboxylic acids is 1. The first-order chi connectivity index (χ1) is 11.5. The highest BCUT2D eigenvalue weighted by Crippen LogP contribution is 2.21. The summed E-state index contributed by atoms with van der Waals surface area (Å²) in [5.74, 6) is -0.510. The molecule has 0 spiro atoms. The number of nitrogens with zero attached hydrogens (tertiary/aromatic N) is 3. The number of methoxy groups -OCH3 is 2. The molecular formula is C17H19N3O4. The van der Waals surface area contributed by atoms with Gasteiger partial charge in [0, 0.05) is 5.56 Å². The van der Waals surface area contributed by atoms with E-state index in [2.05, 4.69) is 15.2 Å². The zero-order valence-electron chi connectivity index (χ0n) is 14.1. The number of hydrogen-bond donors (Lipinski definition) is 0. The molecule has 0 unspecified atom stereocenters. The second-order valence-electron chi connectivity index (χ2n) is 4.65. The molecule has 0 aliphatic carbocycles. The molecule has 126 valence electrons. The molecule has 7 heteroatoms. The van der Waals surface area contributed by atoms with Crippen LogP contribution in [0.25, 0.3) is 10.5 Å². The van der Waals surface area contributed by atoms with E-state index in [9.17, 15) is 4.79 Å². The van der Waals surface area contributed by atoms with Gasteiger partial charge in [0.2, 0.25) is 0 Å². The van der Waals surface area contributed by atoms with Gasteiger partial charge in [0.1, 0.15) is 23.6 Å². The normalized spacial score (nSPS) is 12.4. The lowest BCUT2D eigenvalue weighted by molar-refractivity contribution is -0.133. The molecule has 0 aliphatic heterocycles. The van der Waals surface area contributed by atoms with Gasteiger partial charge < -0.3 is 14.3 Å². The second-order valence-corrected chi connectivity index (χ2v) is 4.65. The van der Waals surface area contributed by atoms with Crippen molar-refractivity contribution in [3.8, 4) is 0 Å². The van der Waals surface area contributed by atoms with Crippen molar-refractivity contribution in [2.75, 3.05) is 14.2 Å². The van der Waals surface area contributed by atoms with Crippen molar-refractivity contribution in [2.24, 2.45) is 10.3 Å². The Balaban J connectivity index is 3.01. The van der Waals surface area contributed by atoms with E-state index >= 15 is 0 Å². The Labute approximate surface area is 141 Å². The van der Waals surface area contributed by atoms with Gasteiger partial charge in [-0.05, 0) is 19.4 Å². The van der Waals surface area contributed by atoms with Gasteiger partial charge in [-0.15, -0.1) is 4.95 Å². The third-order valence-corrected chi connectivity index (χ3v) is 3.09. The van der Waals surface area contributed by atoms with Gasteiger partial charge in [0.05, 0.1) is 25.6 Å². The number of hydrogen-bond acceptors (Lipinski definition) is 6. The Hall–Kier alpha value is -3.14. The van der Waals surface area contributed by atoms with Crippen molar-refractivity contribution in [2.45, 2.75) is 20.5 Å². The number of benzene rings is 1. The first kappa shape index (κ1) is 18.9. The van der Waals surface area contributed by atoms with Gasteiger partial charge in [-0.1, -0.05) is 29.4 Å². The van der Waals surface area contributed by atoms with Crippen molar-refractivity contribution in [1.82, 2.24) is 0 Å². The Morgan fingerprint density at radius 3 is 2.58 bits per heavy atom. The standard InChI is InChI=1S/C17H19N3O4/c1-12(19-18-3)13(2)20-24-10-14-8-6-7-9-15(14)16(11-22-4)17(21)23-5/h6-9,11H,10H2,1-2,4-5H3/b16-11+,19-12-,20-13-. The van der Waals surface area contributed by atoms with E-state index in [0.29, 0.717) is 17.0 Å². The summed E-state index contributed by atoms with van der Waals surface area (Å²) in [4.78, 5) is 20.2. The molecular weight excluding hydrogens is 310 g/mol. The highest BCUT2D eigenvalue weighted by molar-refractivity contribution is 6.40. The van der Waals surface area contributed by atoms with Crippen molar-refractivity contribution in [3.05, 3.63) is 53.2 Å². The van der Waals surface area contributed by atoms with Crippen LogP contribution in [0.4, 0.5) is 0 Å². The zero-order chi connectivity index (χ0) is 17.9. The number of ether oxygens (including phenoxy) is 2. The molecule has 0 saturated carbocycles.